The summed E-state index contributed by atoms with van der Waals surface area (Å²) in [6.07, 6.45) is 0.367. The van der Waals surface area contributed by atoms with Crippen LogP contribution in [0.1, 0.15) is 37.0 Å². The van der Waals surface area contributed by atoms with E-state index >= 15 is 0 Å². The third-order valence-corrected chi connectivity index (χ3v) is 3.07. The second-order valence-electron chi connectivity index (χ2n) is 5.60. The van der Waals surface area contributed by atoms with Crippen molar-refractivity contribution < 1.29 is 24.2 Å². The van der Waals surface area contributed by atoms with Crippen LogP contribution in [0.3, 0.4) is 0 Å². The Bertz CT molecular complexity index is 513. The number of carbonyl (C=O) groups is 2. The number of amides is 1. The van der Waals surface area contributed by atoms with Crippen LogP contribution in [-0.4, -0.2) is 42.8 Å². The molecule has 0 fully saturated rings. The van der Waals surface area contributed by atoms with E-state index in [9.17, 15) is 9.59 Å². The standard InChI is InChI=1S/C16H23NO5/c1-16(2,8-7-14(18)19)17-15(20)12-5-4-6-13(11-12)22-10-9-21-3/h4-6,11H,7-10H2,1-3H3,(H,17,20)(H,18,19). The third kappa shape index (κ3) is 6.58. The van der Waals surface area contributed by atoms with Gasteiger partial charge in [-0.25, -0.2) is 0 Å². The van der Waals surface area contributed by atoms with Gasteiger partial charge in [0.15, 0.2) is 0 Å². The summed E-state index contributed by atoms with van der Waals surface area (Å²) < 4.78 is 10.4. The quantitative estimate of drug-likeness (QED) is 0.682. The lowest BCUT2D eigenvalue weighted by molar-refractivity contribution is -0.137. The van der Waals surface area contributed by atoms with E-state index in [1.165, 1.54) is 0 Å². The van der Waals surface area contributed by atoms with Crippen molar-refractivity contribution in [1.82, 2.24) is 5.32 Å². The van der Waals surface area contributed by atoms with E-state index in [4.69, 9.17) is 14.6 Å². The topological polar surface area (TPSA) is 84.9 Å². The summed E-state index contributed by atoms with van der Waals surface area (Å²) in [5, 5.41) is 11.6. The molecule has 0 bridgehead atoms. The van der Waals surface area contributed by atoms with Gasteiger partial charge in [0.05, 0.1) is 6.61 Å². The number of methoxy groups -OCH3 is 1. The van der Waals surface area contributed by atoms with Crippen LogP contribution in [0.2, 0.25) is 0 Å². The fraction of sp³-hybridized carbons (Fsp3) is 0.500. The molecule has 6 nitrogen and oxygen atoms in total. The smallest absolute Gasteiger partial charge is 0.303 e. The maximum absolute atomic E-state index is 12.2. The highest BCUT2D eigenvalue weighted by atomic mass is 16.5. The molecule has 6 heteroatoms. The van der Waals surface area contributed by atoms with E-state index in [1.54, 1.807) is 45.2 Å². The van der Waals surface area contributed by atoms with E-state index < -0.39 is 11.5 Å². The summed E-state index contributed by atoms with van der Waals surface area (Å²) in [4.78, 5) is 22.9. The third-order valence-electron chi connectivity index (χ3n) is 3.07. The van der Waals surface area contributed by atoms with Gasteiger partial charge in [0, 0.05) is 24.6 Å². The predicted molar refractivity (Wildman–Crippen MR) is 82.2 cm³/mol. The molecule has 0 aliphatic heterocycles. The first-order valence-corrected chi connectivity index (χ1v) is 7.10. The van der Waals surface area contributed by atoms with Gasteiger partial charge in [-0.2, -0.15) is 0 Å². The van der Waals surface area contributed by atoms with Crippen molar-refractivity contribution in [1.29, 1.82) is 0 Å². The first kappa shape index (κ1) is 18.0. The fourth-order valence-electron chi connectivity index (χ4n) is 1.83. The number of hydrogen-bond acceptors (Lipinski definition) is 4. The lowest BCUT2D eigenvalue weighted by Crippen LogP contribution is -2.43. The highest BCUT2D eigenvalue weighted by Gasteiger charge is 2.22. The average Bonchev–Trinajstić information content (AvgIpc) is 2.45. The number of hydrogen-bond donors (Lipinski definition) is 2. The van der Waals surface area contributed by atoms with E-state index in [0.29, 0.717) is 30.9 Å². The maximum Gasteiger partial charge on any atom is 0.303 e. The number of carbonyl (C=O) groups excluding carboxylic acids is 1. The maximum atomic E-state index is 12.2. The molecule has 0 aromatic heterocycles. The Morgan fingerprint density at radius 1 is 1.27 bits per heavy atom. The Balaban J connectivity index is 2.64. The lowest BCUT2D eigenvalue weighted by Gasteiger charge is -2.25. The number of benzene rings is 1. The van der Waals surface area contributed by atoms with Crippen LogP contribution in [0.5, 0.6) is 5.75 Å². The van der Waals surface area contributed by atoms with Gasteiger partial charge in [-0.15, -0.1) is 0 Å². The number of aliphatic carboxylic acids is 1. The lowest BCUT2D eigenvalue weighted by atomic mass is 9.97. The average molecular weight is 309 g/mol. The van der Waals surface area contributed by atoms with E-state index in [-0.39, 0.29) is 12.3 Å². The Hall–Kier alpha value is -2.08. The zero-order valence-corrected chi connectivity index (χ0v) is 13.2. The second kappa shape index (κ2) is 8.38. The molecule has 0 saturated carbocycles. The predicted octanol–water partition coefficient (Wildman–Crippen LogP) is 2.08. The van der Waals surface area contributed by atoms with Gasteiger partial charge in [-0.3, -0.25) is 9.59 Å². The molecule has 0 spiro atoms. The number of nitrogens with one attached hydrogen (secondary N) is 1. The van der Waals surface area contributed by atoms with Crippen molar-refractivity contribution in [2.24, 2.45) is 0 Å². The Morgan fingerprint density at radius 2 is 2.00 bits per heavy atom. The molecule has 1 amide bonds. The zero-order valence-electron chi connectivity index (χ0n) is 13.2. The molecule has 0 saturated heterocycles. The molecule has 122 valence electrons. The van der Waals surface area contributed by atoms with Crippen LogP contribution in [0.15, 0.2) is 24.3 Å². The first-order valence-electron chi connectivity index (χ1n) is 7.10. The van der Waals surface area contributed by atoms with Crippen molar-refractivity contribution in [3.05, 3.63) is 29.8 Å². The first-order chi connectivity index (χ1) is 10.3. The summed E-state index contributed by atoms with van der Waals surface area (Å²) in [6, 6.07) is 6.84. The molecule has 0 aliphatic rings. The van der Waals surface area contributed by atoms with Gasteiger partial charge < -0.3 is 19.9 Å². The molecule has 0 heterocycles. The van der Waals surface area contributed by atoms with E-state index in [2.05, 4.69) is 5.32 Å². The summed E-state index contributed by atoms with van der Waals surface area (Å²) in [5.41, 5.74) is -0.124. The summed E-state index contributed by atoms with van der Waals surface area (Å²) >= 11 is 0. The molecule has 0 atom stereocenters. The molecule has 1 rings (SSSR count). The van der Waals surface area contributed by atoms with E-state index in [1.807, 2.05) is 0 Å². The second-order valence-corrected chi connectivity index (χ2v) is 5.60. The molecule has 2 N–H and O–H groups in total. The van der Waals surface area contributed by atoms with Crippen LogP contribution >= 0.6 is 0 Å². The van der Waals surface area contributed by atoms with Crippen molar-refractivity contribution >= 4 is 11.9 Å². The number of rotatable bonds is 9. The van der Waals surface area contributed by atoms with Crippen molar-refractivity contribution in [2.75, 3.05) is 20.3 Å². The van der Waals surface area contributed by atoms with Gasteiger partial charge >= 0.3 is 5.97 Å². The van der Waals surface area contributed by atoms with Gasteiger partial charge in [0.2, 0.25) is 0 Å². The molecule has 22 heavy (non-hydrogen) atoms. The van der Waals surface area contributed by atoms with Crippen LogP contribution < -0.4 is 10.1 Å². The van der Waals surface area contributed by atoms with Crippen molar-refractivity contribution in [2.45, 2.75) is 32.2 Å². The Morgan fingerprint density at radius 3 is 2.64 bits per heavy atom. The molecule has 0 radical (unpaired) electrons. The molecular weight excluding hydrogens is 286 g/mol. The van der Waals surface area contributed by atoms with Crippen molar-refractivity contribution in [3.8, 4) is 5.75 Å². The largest absolute Gasteiger partial charge is 0.491 e. The minimum atomic E-state index is -0.879. The molecule has 1 aromatic rings. The zero-order chi connectivity index (χ0) is 16.6. The van der Waals surface area contributed by atoms with Crippen LogP contribution in [0.25, 0.3) is 0 Å². The van der Waals surface area contributed by atoms with E-state index in [0.717, 1.165) is 0 Å². The summed E-state index contributed by atoms with van der Waals surface area (Å²) in [7, 11) is 1.59. The van der Waals surface area contributed by atoms with Crippen LogP contribution in [-0.2, 0) is 9.53 Å². The Kier molecular flexibility index (Phi) is 6.85. The van der Waals surface area contributed by atoms with Gasteiger partial charge in [0.25, 0.3) is 5.91 Å². The van der Waals surface area contributed by atoms with Crippen molar-refractivity contribution in [3.63, 3.8) is 0 Å². The Labute approximate surface area is 130 Å². The minimum Gasteiger partial charge on any atom is -0.491 e. The van der Waals surface area contributed by atoms with Gasteiger partial charge in [0.1, 0.15) is 12.4 Å². The van der Waals surface area contributed by atoms with Crippen LogP contribution in [0, 0.1) is 0 Å². The monoisotopic (exact) mass is 309 g/mol. The SMILES string of the molecule is COCCOc1cccc(C(=O)NC(C)(C)CCC(=O)O)c1. The normalized spacial score (nSPS) is 11.0. The van der Waals surface area contributed by atoms with Gasteiger partial charge in [-0.05, 0) is 38.5 Å². The number of carboxylic acid groups (broad SMARTS) is 1. The summed E-state index contributed by atoms with van der Waals surface area (Å²) in [6.45, 7) is 4.48. The number of ether oxygens (including phenoxy) is 2. The van der Waals surface area contributed by atoms with Gasteiger partial charge in [-0.1, -0.05) is 6.07 Å². The molecule has 1 aromatic carbocycles. The fourth-order valence-corrected chi connectivity index (χ4v) is 1.83. The minimum absolute atomic E-state index is 0.00739. The molecule has 0 unspecified atom stereocenters. The van der Waals surface area contributed by atoms with Crippen LogP contribution in [0.4, 0.5) is 0 Å². The highest BCUT2D eigenvalue weighted by Crippen LogP contribution is 2.16. The molecular formula is C16H23NO5. The number of carboxylic acids is 1. The molecule has 0 aliphatic carbocycles. The highest BCUT2D eigenvalue weighted by molar-refractivity contribution is 5.95. The summed E-state index contributed by atoms with van der Waals surface area (Å²) in [5.74, 6) is -0.545.